The zero-order chi connectivity index (χ0) is 23.0. The van der Waals surface area contributed by atoms with Gasteiger partial charge in [0.2, 0.25) is 5.76 Å². The number of halogens is 2. The van der Waals surface area contributed by atoms with Crippen molar-refractivity contribution in [2.24, 2.45) is 0 Å². The van der Waals surface area contributed by atoms with E-state index in [4.69, 9.17) is 27.6 Å². The SMILES string of the molecule is CC(C)(C)c1cc(NC(=O)Nc2cccc(Cl)c2Cl)c(C(=O)N2CCS(=O)(=O)CC2)o1. The monoisotopic (exact) mass is 487 g/mol. The molecule has 1 aromatic carbocycles. The number of urea groups is 1. The first kappa shape index (κ1) is 23.4. The number of amides is 3. The van der Waals surface area contributed by atoms with Crippen LogP contribution in [-0.2, 0) is 15.3 Å². The Hall–Kier alpha value is -2.23. The molecular weight excluding hydrogens is 465 g/mol. The van der Waals surface area contributed by atoms with Crippen LogP contribution in [0.4, 0.5) is 16.2 Å². The van der Waals surface area contributed by atoms with Gasteiger partial charge in [0.15, 0.2) is 9.84 Å². The van der Waals surface area contributed by atoms with E-state index in [0.717, 1.165) is 0 Å². The Morgan fingerprint density at radius 3 is 2.29 bits per heavy atom. The van der Waals surface area contributed by atoms with E-state index in [9.17, 15) is 18.0 Å². The summed E-state index contributed by atoms with van der Waals surface area (Å²) in [5.41, 5.74) is 0.0618. The highest BCUT2D eigenvalue weighted by molar-refractivity contribution is 7.91. The molecule has 0 radical (unpaired) electrons. The van der Waals surface area contributed by atoms with Gasteiger partial charge in [0.05, 0.1) is 32.9 Å². The van der Waals surface area contributed by atoms with Crippen molar-refractivity contribution in [1.29, 1.82) is 0 Å². The first-order valence-corrected chi connectivity index (χ1v) is 12.1. The van der Waals surface area contributed by atoms with Gasteiger partial charge in [0.25, 0.3) is 5.91 Å². The summed E-state index contributed by atoms with van der Waals surface area (Å²) in [6.07, 6.45) is 0. The van der Waals surface area contributed by atoms with Gasteiger partial charge < -0.3 is 20.0 Å². The topological polar surface area (TPSA) is 109 Å². The molecule has 2 heterocycles. The van der Waals surface area contributed by atoms with Gasteiger partial charge in [0.1, 0.15) is 5.76 Å². The molecular formula is C20H23Cl2N3O5S. The number of carbonyl (C=O) groups excluding carboxylic acids is 2. The molecule has 2 N–H and O–H groups in total. The van der Waals surface area contributed by atoms with Crippen molar-refractivity contribution in [3.05, 3.63) is 45.8 Å². The van der Waals surface area contributed by atoms with Gasteiger partial charge >= 0.3 is 6.03 Å². The van der Waals surface area contributed by atoms with Crippen LogP contribution in [0.1, 0.15) is 37.1 Å². The molecule has 2 aromatic rings. The number of furan rings is 1. The van der Waals surface area contributed by atoms with Gasteiger partial charge in [-0.05, 0) is 12.1 Å². The fraction of sp³-hybridized carbons (Fsp3) is 0.400. The van der Waals surface area contributed by atoms with Crippen molar-refractivity contribution < 1.29 is 22.4 Å². The van der Waals surface area contributed by atoms with E-state index in [1.165, 1.54) is 4.90 Å². The quantitative estimate of drug-likeness (QED) is 0.666. The summed E-state index contributed by atoms with van der Waals surface area (Å²) >= 11 is 12.1. The average Bonchev–Trinajstić information content (AvgIpc) is 3.09. The number of hydrogen-bond acceptors (Lipinski definition) is 5. The highest BCUT2D eigenvalue weighted by Crippen LogP contribution is 2.33. The largest absolute Gasteiger partial charge is 0.453 e. The molecule has 0 unspecified atom stereocenters. The Bertz CT molecular complexity index is 1110. The van der Waals surface area contributed by atoms with Crippen LogP contribution in [0.2, 0.25) is 10.0 Å². The summed E-state index contributed by atoms with van der Waals surface area (Å²) in [5, 5.41) is 5.69. The van der Waals surface area contributed by atoms with E-state index >= 15 is 0 Å². The molecule has 1 aliphatic rings. The van der Waals surface area contributed by atoms with Gasteiger partial charge in [-0.15, -0.1) is 0 Å². The number of carbonyl (C=O) groups is 2. The lowest BCUT2D eigenvalue weighted by Crippen LogP contribution is -2.43. The van der Waals surface area contributed by atoms with Crippen LogP contribution in [0.15, 0.2) is 28.7 Å². The number of rotatable bonds is 3. The maximum absolute atomic E-state index is 13.0. The van der Waals surface area contributed by atoms with E-state index in [-0.39, 0.29) is 46.1 Å². The summed E-state index contributed by atoms with van der Waals surface area (Å²) in [6, 6.07) is 5.77. The van der Waals surface area contributed by atoms with Crippen LogP contribution in [0.25, 0.3) is 0 Å². The Labute approximate surface area is 190 Å². The number of hydrogen-bond donors (Lipinski definition) is 2. The predicted octanol–water partition coefficient (Wildman–Crippen LogP) is 4.40. The van der Waals surface area contributed by atoms with Crippen molar-refractivity contribution in [3.63, 3.8) is 0 Å². The van der Waals surface area contributed by atoms with Crippen LogP contribution in [0.5, 0.6) is 0 Å². The Balaban J connectivity index is 1.85. The first-order chi connectivity index (χ1) is 14.4. The Morgan fingerprint density at radius 1 is 1.06 bits per heavy atom. The molecule has 1 aromatic heterocycles. The van der Waals surface area contributed by atoms with Crippen LogP contribution in [0, 0.1) is 0 Å². The lowest BCUT2D eigenvalue weighted by molar-refractivity contribution is 0.0736. The lowest BCUT2D eigenvalue weighted by Gasteiger charge is -2.26. The maximum atomic E-state index is 13.0. The summed E-state index contributed by atoms with van der Waals surface area (Å²) in [7, 11) is -3.15. The molecule has 0 bridgehead atoms. The normalized spacial score (nSPS) is 16.1. The minimum absolute atomic E-state index is 0.0587. The molecule has 31 heavy (non-hydrogen) atoms. The fourth-order valence-electron chi connectivity index (χ4n) is 2.95. The number of sulfone groups is 1. The second-order valence-corrected chi connectivity index (χ2v) is 11.3. The van der Waals surface area contributed by atoms with Crippen molar-refractivity contribution in [2.45, 2.75) is 26.2 Å². The maximum Gasteiger partial charge on any atom is 0.323 e. The van der Waals surface area contributed by atoms with E-state index in [0.29, 0.717) is 11.4 Å². The highest BCUT2D eigenvalue weighted by atomic mass is 35.5. The zero-order valence-electron chi connectivity index (χ0n) is 17.3. The molecule has 0 saturated carbocycles. The Kier molecular flexibility index (Phi) is 6.59. The van der Waals surface area contributed by atoms with Gasteiger partial charge in [-0.2, -0.15) is 0 Å². The predicted molar refractivity (Wildman–Crippen MR) is 121 cm³/mol. The smallest absolute Gasteiger partial charge is 0.323 e. The zero-order valence-corrected chi connectivity index (χ0v) is 19.6. The van der Waals surface area contributed by atoms with E-state index < -0.39 is 27.2 Å². The van der Waals surface area contributed by atoms with Crippen LogP contribution in [0.3, 0.4) is 0 Å². The molecule has 11 heteroatoms. The minimum atomic E-state index is -3.15. The number of nitrogens with zero attached hydrogens (tertiary/aromatic N) is 1. The number of benzene rings is 1. The van der Waals surface area contributed by atoms with Crippen molar-refractivity contribution >= 4 is 56.4 Å². The molecule has 1 aliphatic heterocycles. The van der Waals surface area contributed by atoms with Gasteiger partial charge in [-0.3, -0.25) is 4.79 Å². The minimum Gasteiger partial charge on any atom is -0.453 e. The van der Waals surface area contributed by atoms with Crippen LogP contribution >= 0.6 is 23.2 Å². The second kappa shape index (κ2) is 8.72. The van der Waals surface area contributed by atoms with Gasteiger partial charge in [0, 0.05) is 24.6 Å². The summed E-state index contributed by atoms with van der Waals surface area (Å²) < 4.78 is 29.2. The molecule has 1 fully saturated rings. The molecule has 1 saturated heterocycles. The lowest BCUT2D eigenvalue weighted by atomic mass is 9.93. The highest BCUT2D eigenvalue weighted by Gasteiger charge is 2.32. The molecule has 8 nitrogen and oxygen atoms in total. The molecule has 0 atom stereocenters. The van der Waals surface area contributed by atoms with Gasteiger partial charge in [-0.1, -0.05) is 50.0 Å². The number of anilines is 2. The third kappa shape index (κ3) is 5.53. The average molecular weight is 488 g/mol. The van der Waals surface area contributed by atoms with Crippen molar-refractivity contribution in [3.8, 4) is 0 Å². The molecule has 0 aliphatic carbocycles. The Morgan fingerprint density at radius 2 is 1.68 bits per heavy atom. The van der Waals surface area contributed by atoms with Crippen molar-refractivity contribution in [2.75, 3.05) is 35.2 Å². The second-order valence-electron chi connectivity index (χ2n) is 8.23. The molecule has 3 rings (SSSR count). The van der Waals surface area contributed by atoms with E-state index in [1.54, 1.807) is 24.3 Å². The van der Waals surface area contributed by atoms with Crippen molar-refractivity contribution in [1.82, 2.24) is 4.90 Å². The van der Waals surface area contributed by atoms with E-state index in [1.807, 2.05) is 20.8 Å². The summed E-state index contributed by atoms with van der Waals surface area (Å²) in [5.74, 6) is -0.265. The molecule has 168 valence electrons. The first-order valence-electron chi connectivity index (χ1n) is 9.53. The van der Waals surface area contributed by atoms with Gasteiger partial charge in [-0.25, -0.2) is 13.2 Å². The summed E-state index contributed by atoms with van der Waals surface area (Å²) in [4.78, 5) is 27.0. The summed E-state index contributed by atoms with van der Waals surface area (Å²) in [6.45, 7) is 5.85. The molecule has 0 spiro atoms. The van der Waals surface area contributed by atoms with E-state index in [2.05, 4.69) is 10.6 Å². The van der Waals surface area contributed by atoms with Crippen LogP contribution in [-0.4, -0.2) is 49.9 Å². The third-order valence-electron chi connectivity index (χ3n) is 4.75. The molecule has 3 amide bonds. The fourth-order valence-corrected chi connectivity index (χ4v) is 4.50. The standard InChI is InChI=1S/C20H23Cl2N3O5S/c1-20(2,3)15-11-14(24-19(27)23-13-6-4-5-12(21)16(13)22)17(30-15)18(26)25-7-9-31(28,29)10-8-25/h4-6,11H,7-10H2,1-3H3,(H2,23,24,27). The van der Waals surface area contributed by atoms with Crippen LogP contribution < -0.4 is 10.6 Å². The number of nitrogens with one attached hydrogen (secondary N) is 2. The third-order valence-corrected chi connectivity index (χ3v) is 7.17.